The lowest BCUT2D eigenvalue weighted by atomic mass is 10.1. The summed E-state index contributed by atoms with van der Waals surface area (Å²) in [6.45, 7) is 8.70. The molecule has 0 spiro atoms. The Labute approximate surface area is 128 Å². The van der Waals surface area contributed by atoms with E-state index in [0.717, 1.165) is 32.4 Å². The second kappa shape index (κ2) is 7.30. The van der Waals surface area contributed by atoms with Crippen molar-refractivity contribution in [3.05, 3.63) is 46.5 Å². The second-order valence-electron chi connectivity index (χ2n) is 5.75. The molecule has 2 rings (SSSR count). The van der Waals surface area contributed by atoms with Gasteiger partial charge in [0.2, 0.25) is 0 Å². The summed E-state index contributed by atoms with van der Waals surface area (Å²) in [6, 6.07) is 8.70. The van der Waals surface area contributed by atoms with Gasteiger partial charge in [-0.2, -0.15) is 0 Å². The number of aryl methyl sites for hydroxylation is 1. The predicted octanol–water partition coefficient (Wildman–Crippen LogP) is 3.54. The van der Waals surface area contributed by atoms with E-state index in [1.165, 1.54) is 22.3 Å². The number of amides is 2. The summed E-state index contributed by atoms with van der Waals surface area (Å²) in [7, 11) is 0. The van der Waals surface area contributed by atoms with Crippen LogP contribution in [0.15, 0.2) is 35.4 Å². The van der Waals surface area contributed by atoms with E-state index in [-0.39, 0.29) is 6.03 Å². The first-order valence-corrected chi connectivity index (χ1v) is 7.92. The van der Waals surface area contributed by atoms with Crippen LogP contribution < -0.4 is 5.32 Å². The van der Waals surface area contributed by atoms with Crippen LogP contribution in [0.2, 0.25) is 0 Å². The summed E-state index contributed by atoms with van der Waals surface area (Å²) < 4.78 is 0. The molecule has 0 radical (unpaired) electrons. The fourth-order valence-corrected chi connectivity index (χ4v) is 2.74. The molecule has 1 N–H and O–H groups in total. The van der Waals surface area contributed by atoms with E-state index in [0.29, 0.717) is 6.54 Å². The first kappa shape index (κ1) is 15.6. The van der Waals surface area contributed by atoms with E-state index in [4.69, 9.17) is 0 Å². The number of carbonyl (C=O) groups is 1. The summed E-state index contributed by atoms with van der Waals surface area (Å²) in [6.07, 6.45) is 2.99. The van der Waals surface area contributed by atoms with Crippen LogP contribution in [0.3, 0.4) is 0 Å². The van der Waals surface area contributed by atoms with Gasteiger partial charge in [0, 0.05) is 19.6 Å². The number of rotatable bonds is 5. The average molecular weight is 286 g/mol. The van der Waals surface area contributed by atoms with Gasteiger partial charge in [-0.15, -0.1) is 0 Å². The smallest absolute Gasteiger partial charge is 0.317 e. The number of carbonyl (C=O) groups excluding carboxylic acids is 1. The van der Waals surface area contributed by atoms with Crippen molar-refractivity contribution < 1.29 is 4.79 Å². The van der Waals surface area contributed by atoms with E-state index >= 15 is 0 Å². The Bertz CT molecular complexity index is 517. The van der Waals surface area contributed by atoms with Gasteiger partial charge < -0.3 is 10.2 Å². The molecule has 114 valence electrons. The highest BCUT2D eigenvalue weighted by Crippen LogP contribution is 2.19. The zero-order valence-corrected chi connectivity index (χ0v) is 13.4. The first-order valence-electron chi connectivity index (χ1n) is 7.92. The zero-order valence-electron chi connectivity index (χ0n) is 13.4. The summed E-state index contributed by atoms with van der Waals surface area (Å²) in [5.74, 6) is 0. The molecule has 3 nitrogen and oxygen atoms in total. The maximum absolute atomic E-state index is 12.1. The number of nitrogens with zero attached hydrogens (tertiary/aromatic N) is 1. The molecule has 3 heteroatoms. The molecule has 1 heterocycles. The lowest BCUT2D eigenvalue weighted by molar-refractivity contribution is 0.209. The van der Waals surface area contributed by atoms with Crippen molar-refractivity contribution >= 4 is 6.03 Å². The van der Waals surface area contributed by atoms with Crippen LogP contribution >= 0.6 is 0 Å². The molecule has 1 aromatic carbocycles. The SMILES string of the molecule is CCC1=C(C)CN(C(=O)NCCc2ccc(CC)cc2)C1. The van der Waals surface area contributed by atoms with Gasteiger partial charge in [0.1, 0.15) is 0 Å². The Hall–Kier alpha value is -1.77. The number of nitrogens with one attached hydrogen (secondary N) is 1. The molecule has 21 heavy (non-hydrogen) atoms. The molecule has 2 amide bonds. The van der Waals surface area contributed by atoms with Crippen LogP contribution in [0, 0.1) is 0 Å². The minimum atomic E-state index is 0.0583. The molecular formula is C18H26N2O. The normalized spacial score (nSPS) is 14.7. The Balaban J connectivity index is 1.75. The van der Waals surface area contributed by atoms with Crippen molar-refractivity contribution in [2.45, 2.75) is 40.0 Å². The van der Waals surface area contributed by atoms with Crippen LogP contribution in [-0.2, 0) is 12.8 Å². The molecule has 0 fully saturated rings. The number of hydrogen-bond donors (Lipinski definition) is 1. The largest absolute Gasteiger partial charge is 0.338 e. The maximum Gasteiger partial charge on any atom is 0.317 e. The second-order valence-corrected chi connectivity index (χ2v) is 5.75. The monoisotopic (exact) mass is 286 g/mol. The highest BCUT2D eigenvalue weighted by molar-refractivity contribution is 5.75. The Morgan fingerprint density at radius 2 is 1.76 bits per heavy atom. The van der Waals surface area contributed by atoms with Crippen LogP contribution in [0.5, 0.6) is 0 Å². The Morgan fingerprint density at radius 3 is 2.33 bits per heavy atom. The van der Waals surface area contributed by atoms with E-state index in [2.05, 4.69) is 50.4 Å². The lowest BCUT2D eigenvalue weighted by Gasteiger charge is -2.17. The van der Waals surface area contributed by atoms with Gasteiger partial charge >= 0.3 is 6.03 Å². The van der Waals surface area contributed by atoms with Gasteiger partial charge in [0.05, 0.1) is 0 Å². The Morgan fingerprint density at radius 1 is 1.10 bits per heavy atom. The standard InChI is InChI=1S/C18H26N2O/c1-4-15-6-8-16(9-7-15)10-11-19-18(21)20-12-14(3)17(5-2)13-20/h6-9H,4-5,10-13H2,1-3H3,(H,19,21). The average Bonchev–Trinajstić information content (AvgIpc) is 2.89. The minimum Gasteiger partial charge on any atom is -0.338 e. The third kappa shape index (κ3) is 4.10. The summed E-state index contributed by atoms with van der Waals surface area (Å²) in [5, 5.41) is 3.03. The number of hydrogen-bond acceptors (Lipinski definition) is 1. The molecule has 0 atom stereocenters. The first-order chi connectivity index (χ1) is 10.1. The van der Waals surface area contributed by atoms with E-state index in [9.17, 15) is 4.79 Å². The number of benzene rings is 1. The fourth-order valence-electron chi connectivity index (χ4n) is 2.74. The summed E-state index contributed by atoms with van der Waals surface area (Å²) in [4.78, 5) is 14.0. The Kier molecular flexibility index (Phi) is 5.43. The molecule has 0 bridgehead atoms. The van der Waals surface area contributed by atoms with Crippen LogP contribution in [0.1, 0.15) is 38.3 Å². The van der Waals surface area contributed by atoms with E-state index in [1.54, 1.807) is 0 Å². The lowest BCUT2D eigenvalue weighted by Crippen LogP contribution is -2.39. The predicted molar refractivity (Wildman–Crippen MR) is 87.5 cm³/mol. The molecule has 1 aliphatic heterocycles. The third-order valence-corrected chi connectivity index (χ3v) is 4.25. The van der Waals surface area contributed by atoms with Gasteiger partial charge in [0.15, 0.2) is 0 Å². The molecule has 1 aliphatic rings. The molecule has 0 aliphatic carbocycles. The van der Waals surface area contributed by atoms with E-state index < -0.39 is 0 Å². The topological polar surface area (TPSA) is 32.3 Å². The van der Waals surface area contributed by atoms with Gasteiger partial charge in [0.25, 0.3) is 0 Å². The van der Waals surface area contributed by atoms with Crippen molar-refractivity contribution in [1.29, 1.82) is 0 Å². The molecule has 0 aromatic heterocycles. The quantitative estimate of drug-likeness (QED) is 0.825. The maximum atomic E-state index is 12.1. The van der Waals surface area contributed by atoms with Crippen molar-refractivity contribution in [3.63, 3.8) is 0 Å². The highest BCUT2D eigenvalue weighted by Gasteiger charge is 2.21. The van der Waals surface area contributed by atoms with E-state index in [1.807, 2.05) is 4.90 Å². The van der Waals surface area contributed by atoms with Crippen LogP contribution in [-0.4, -0.2) is 30.6 Å². The van der Waals surface area contributed by atoms with Gasteiger partial charge in [-0.25, -0.2) is 4.79 Å². The molecule has 1 aromatic rings. The molecular weight excluding hydrogens is 260 g/mol. The van der Waals surface area contributed by atoms with Crippen LogP contribution in [0.25, 0.3) is 0 Å². The minimum absolute atomic E-state index is 0.0583. The van der Waals surface area contributed by atoms with Crippen molar-refractivity contribution in [2.75, 3.05) is 19.6 Å². The fraction of sp³-hybridized carbons (Fsp3) is 0.500. The highest BCUT2D eigenvalue weighted by atomic mass is 16.2. The zero-order chi connectivity index (χ0) is 15.2. The van der Waals surface area contributed by atoms with Gasteiger partial charge in [-0.3, -0.25) is 0 Å². The van der Waals surface area contributed by atoms with Crippen molar-refractivity contribution in [3.8, 4) is 0 Å². The molecule has 0 saturated carbocycles. The van der Waals surface area contributed by atoms with Crippen molar-refractivity contribution in [2.24, 2.45) is 0 Å². The number of urea groups is 1. The van der Waals surface area contributed by atoms with Gasteiger partial charge in [-0.05, 0) is 37.3 Å². The molecule has 0 unspecified atom stereocenters. The van der Waals surface area contributed by atoms with Crippen LogP contribution in [0.4, 0.5) is 4.79 Å². The summed E-state index contributed by atoms with van der Waals surface area (Å²) >= 11 is 0. The van der Waals surface area contributed by atoms with Gasteiger partial charge in [-0.1, -0.05) is 49.3 Å². The summed E-state index contributed by atoms with van der Waals surface area (Å²) in [5.41, 5.74) is 5.38. The van der Waals surface area contributed by atoms with Crippen molar-refractivity contribution in [1.82, 2.24) is 10.2 Å². The molecule has 0 saturated heterocycles. The third-order valence-electron chi connectivity index (χ3n) is 4.25.